The largest absolute Gasteiger partial charge is 0.508 e. The summed E-state index contributed by atoms with van der Waals surface area (Å²) in [5.41, 5.74) is 13.9. The number of rotatable bonds is 15. The van der Waals surface area contributed by atoms with Gasteiger partial charge < -0.3 is 47.6 Å². The number of carbonyl (C=O) groups is 5. The highest BCUT2D eigenvalue weighted by atomic mass is 16.4. The zero-order chi connectivity index (χ0) is 32.5. The summed E-state index contributed by atoms with van der Waals surface area (Å²) >= 11 is 0. The first-order valence-electron chi connectivity index (χ1n) is 14.0. The second-order valence-electron chi connectivity index (χ2n) is 10.5. The Kier molecular flexibility index (Phi) is 10.5. The average molecular weight is 619 g/mol. The van der Waals surface area contributed by atoms with Crippen LogP contribution in [0.2, 0.25) is 0 Å². The number of nitrogens with zero attached hydrogens (tertiary/aromatic N) is 1. The number of carboxylic acid groups (broad SMARTS) is 1. The van der Waals surface area contributed by atoms with Crippen molar-refractivity contribution in [1.29, 1.82) is 0 Å². The van der Waals surface area contributed by atoms with E-state index in [0.717, 1.165) is 10.9 Å². The number of imidazole rings is 1. The summed E-state index contributed by atoms with van der Waals surface area (Å²) in [6.45, 7) is 0. The number of phenolic OH excluding ortho intramolecular Hbond substituents is 1. The highest BCUT2D eigenvalue weighted by Gasteiger charge is 2.32. The summed E-state index contributed by atoms with van der Waals surface area (Å²) < 4.78 is 0. The lowest BCUT2D eigenvalue weighted by atomic mass is 10.0. The lowest BCUT2D eigenvalue weighted by Gasteiger charge is -2.25. The van der Waals surface area contributed by atoms with Gasteiger partial charge >= 0.3 is 5.97 Å². The molecule has 4 atom stereocenters. The van der Waals surface area contributed by atoms with Gasteiger partial charge in [-0.1, -0.05) is 30.3 Å². The first-order valence-corrected chi connectivity index (χ1v) is 14.0. The molecule has 11 N–H and O–H groups in total. The van der Waals surface area contributed by atoms with Gasteiger partial charge in [0, 0.05) is 41.8 Å². The van der Waals surface area contributed by atoms with E-state index in [0.29, 0.717) is 16.8 Å². The Morgan fingerprint density at radius 2 is 1.47 bits per heavy atom. The molecule has 15 nitrogen and oxygen atoms in total. The molecule has 0 saturated heterocycles. The zero-order valence-corrected chi connectivity index (χ0v) is 24.0. The highest BCUT2D eigenvalue weighted by molar-refractivity contribution is 5.95. The van der Waals surface area contributed by atoms with Gasteiger partial charge in [-0.05, 0) is 35.7 Å². The number of H-pyrrole nitrogens is 2. The number of aromatic hydroxyl groups is 1. The molecule has 45 heavy (non-hydrogen) atoms. The lowest BCUT2D eigenvalue weighted by molar-refractivity contribution is -0.143. The van der Waals surface area contributed by atoms with Crippen LogP contribution in [0.1, 0.15) is 23.2 Å². The predicted octanol–water partition coefficient (Wildman–Crippen LogP) is -0.634. The van der Waals surface area contributed by atoms with E-state index in [9.17, 15) is 34.2 Å². The third-order valence-corrected chi connectivity index (χ3v) is 7.09. The Morgan fingerprint density at radius 3 is 2.11 bits per heavy atom. The number of amides is 4. The number of fused-ring (bicyclic) bond motifs is 1. The van der Waals surface area contributed by atoms with Crippen LogP contribution in [0.25, 0.3) is 10.9 Å². The van der Waals surface area contributed by atoms with Gasteiger partial charge in [-0.3, -0.25) is 19.2 Å². The Labute approximate surface area is 256 Å². The van der Waals surface area contributed by atoms with Crippen molar-refractivity contribution in [3.8, 4) is 5.75 Å². The maximum absolute atomic E-state index is 13.7. The number of nitrogens with two attached hydrogens (primary N) is 2. The number of primary amides is 1. The van der Waals surface area contributed by atoms with Crippen LogP contribution < -0.4 is 27.4 Å². The lowest BCUT2D eigenvalue weighted by Crippen LogP contribution is -2.58. The number of carbonyl (C=O) groups excluding carboxylic acids is 4. The standard InChI is InChI=1S/C30H34N8O7/c31-21(9-16-5-7-19(39)8-6-16)27(41)36-24(11-18-14-33-15-35-18)29(43)37-23(28(42)38-25(30(44)45)12-26(32)40)10-17-13-34-22-4-2-1-3-20(17)22/h1-8,13-15,21,23-25,34,39H,9-12,31H2,(H2,32,40)(H,33,35)(H,36,41)(H,37,43)(H,38,42)(H,44,45). The topological polar surface area (TPSA) is 258 Å². The smallest absolute Gasteiger partial charge is 0.326 e. The molecule has 2 heterocycles. The summed E-state index contributed by atoms with van der Waals surface area (Å²) in [7, 11) is 0. The van der Waals surface area contributed by atoms with Crippen LogP contribution in [-0.2, 0) is 43.2 Å². The predicted molar refractivity (Wildman–Crippen MR) is 161 cm³/mol. The Hall–Kier alpha value is -5.70. The Bertz CT molecular complexity index is 1650. The second-order valence-corrected chi connectivity index (χ2v) is 10.5. The van der Waals surface area contributed by atoms with Gasteiger partial charge in [-0.25, -0.2) is 9.78 Å². The minimum Gasteiger partial charge on any atom is -0.508 e. The second kappa shape index (κ2) is 14.7. The summed E-state index contributed by atoms with van der Waals surface area (Å²) in [6, 6.07) is 8.22. The zero-order valence-electron chi connectivity index (χ0n) is 24.0. The van der Waals surface area contributed by atoms with E-state index in [1.807, 2.05) is 18.2 Å². The molecule has 4 rings (SSSR count). The van der Waals surface area contributed by atoms with Crippen molar-refractivity contribution < 1.29 is 34.2 Å². The Morgan fingerprint density at radius 1 is 0.822 bits per heavy atom. The van der Waals surface area contributed by atoms with Gasteiger partial charge in [0.15, 0.2) is 0 Å². The number of hydrogen-bond donors (Lipinski definition) is 9. The van der Waals surface area contributed by atoms with Crippen molar-refractivity contribution in [3.63, 3.8) is 0 Å². The van der Waals surface area contributed by atoms with E-state index in [-0.39, 0.29) is 25.0 Å². The molecule has 0 radical (unpaired) electrons. The number of aliphatic carboxylic acids is 1. The fourth-order valence-electron chi connectivity index (χ4n) is 4.76. The third kappa shape index (κ3) is 8.90. The van der Waals surface area contributed by atoms with Crippen LogP contribution in [-0.4, -0.2) is 78.9 Å². The summed E-state index contributed by atoms with van der Waals surface area (Å²) in [5.74, 6) is -4.64. The van der Waals surface area contributed by atoms with Gasteiger partial charge in [0.25, 0.3) is 0 Å². The monoisotopic (exact) mass is 618 g/mol. The van der Waals surface area contributed by atoms with Crippen LogP contribution in [0.3, 0.4) is 0 Å². The molecule has 0 saturated carbocycles. The molecular formula is C30H34N8O7. The highest BCUT2D eigenvalue weighted by Crippen LogP contribution is 2.19. The number of carboxylic acids is 1. The molecule has 15 heteroatoms. The van der Waals surface area contributed by atoms with Crippen LogP contribution in [0.15, 0.2) is 67.3 Å². The van der Waals surface area contributed by atoms with Gasteiger partial charge in [-0.2, -0.15) is 0 Å². The number of para-hydroxylation sites is 1. The number of aromatic amines is 2. The molecule has 0 spiro atoms. The summed E-state index contributed by atoms with van der Waals surface area (Å²) in [5, 5.41) is 27.4. The van der Waals surface area contributed by atoms with Crippen LogP contribution in [0.5, 0.6) is 5.75 Å². The Balaban J connectivity index is 1.56. The SMILES string of the molecule is NC(=O)CC(NC(=O)C(Cc1c[nH]c2ccccc12)NC(=O)C(Cc1cnc[nH]1)NC(=O)C(N)Cc1ccc(O)cc1)C(=O)O. The molecule has 4 amide bonds. The fourth-order valence-corrected chi connectivity index (χ4v) is 4.76. The molecule has 236 valence electrons. The van der Waals surface area contributed by atoms with Crippen molar-refractivity contribution in [3.05, 3.63) is 84.1 Å². The van der Waals surface area contributed by atoms with Gasteiger partial charge in [0.2, 0.25) is 23.6 Å². The van der Waals surface area contributed by atoms with Crippen molar-refractivity contribution in [1.82, 2.24) is 30.9 Å². The quantitative estimate of drug-likeness (QED) is 0.0820. The van der Waals surface area contributed by atoms with E-state index in [1.165, 1.54) is 24.7 Å². The minimum atomic E-state index is -1.63. The number of benzene rings is 2. The number of phenols is 1. The first-order chi connectivity index (χ1) is 21.5. The molecular weight excluding hydrogens is 584 g/mol. The van der Waals surface area contributed by atoms with Gasteiger partial charge in [0.05, 0.1) is 18.8 Å². The van der Waals surface area contributed by atoms with Crippen LogP contribution in [0.4, 0.5) is 0 Å². The third-order valence-electron chi connectivity index (χ3n) is 7.09. The molecule has 0 aliphatic carbocycles. The molecule has 0 aliphatic heterocycles. The minimum absolute atomic E-state index is 0.0373. The van der Waals surface area contributed by atoms with E-state index >= 15 is 0 Å². The molecule has 4 unspecified atom stereocenters. The summed E-state index contributed by atoms with van der Waals surface area (Å²) in [6.07, 6.45) is 3.90. The summed E-state index contributed by atoms with van der Waals surface area (Å²) in [4.78, 5) is 73.4. The molecule has 0 bridgehead atoms. The normalized spacial score (nSPS) is 13.7. The fraction of sp³-hybridized carbons (Fsp3) is 0.267. The maximum atomic E-state index is 13.7. The molecule has 0 aliphatic rings. The molecule has 2 aromatic heterocycles. The van der Waals surface area contributed by atoms with Crippen molar-refractivity contribution in [2.75, 3.05) is 0 Å². The van der Waals surface area contributed by atoms with E-state index in [2.05, 4.69) is 30.9 Å². The molecule has 0 fully saturated rings. The van der Waals surface area contributed by atoms with Crippen LogP contribution >= 0.6 is 0 Å². The van der Waals surface area contributed by atoms with E-state index in [4.69, 9.17) is 11.5 Å². The van der Waals surface area contributed by atoms with Crippen molar-refractivity contribution in [2.45, 2.75) is 49.9 Å². The van der Waals surface area contributed by atoms with E-state index in [1.54, 1.807) is 24.4 Å². The number of aromatic nitrogens is 3. The van der Waals surface area contributed by atoms with Crippen molar-refractivity contribution >= 4 is 40.5 Å². The first kappa shape index (κ1) is 32.2. The maximum Gasteiger partial charge on any atom is 0.326 e. The number of hydrogen-bond acceptors (Lipinski definition) is 8. The average Bonchev–Trinajstić information content (AvgIpc) is 3.67. The molecule has 2 aromatic carbocycles. The molecule has 4 aromatic rings. The number of nitrogens with one attached hydrogen (secondary N) is 5. The van der Waals surface area contributed by atoms with E-state index < -0.39 is 60.2 Å². The van der Waals surface area contributed by atoms with Gasteiger partial charge in [-0.15, -0.1) is 0 Å². The van der Waals surface area contributed by atoms with Gasteiger partial charge in [0.1, 0.15) is 23.9 Å². The van der Waals surface area contributed by atoms with Crippen molar-refractivity contribution in [2.24, 2.45) is 11.5 Å². The van der Waals surface area contributed by atoms with Crippen LogP contribution in [0, 0.1) is 0 Å².